The summed E-state index contributed by atoms with van der Waals surface area (Å²) in [5.41, 5.74) is 0.398. The Kier molecular flexibility index (Phi) is 3.62. The number of halogens is 5. The molecule has 0 bridgehead atoms. The molecule has 1 aromatic rings. The lowest BCUT2D eigenvalue weighted by molar-refractivity contribution is 1.58. The van der Waals surface area contributed by atoms with E-state index < -0.39 is 0 Å². The van der Waals surface area contributed by atoms with Crippen molar-refractivity contribution in [3.8, 4) is 0 Å². The predicted octanol–water partition coefficient (Wildman–Crippen LogP) is 4.76. The molecule has 0 spiro atoms. The van der Waals surface area contributed by atoms with Crippen LogP contribution < -0.4 is 3.94 Å². The van der Waals surface area contributed by atoms with Crippen LogP contribution >= 0.6 is 58.4 Å². The second-order valence-corrected chi connectivity index (χ2v) is 3.94. The second kappa shape index (κ2) is 4.12. The highest BCUT2D eigenvalue weighted by molar-refractivity contribution is 6.54. The highest BCUT2D eigenvalue weighted by Gasteiger charge is 2.11. The zero-order valence-corrected chi connectivity index (χ0v) is 9.27. The van der Waals surface area contributed by atoms with Crippen LogP contribution in [-0.4, -0.2) is 0 Å². The molecule has 1 nitrogen and oxygen atoms in total. The average Bonchev–Trinajstić information content (AvgIpc) is 2.00. The first kappa shape index (κ1) is 10.6. The number of hydrogen-bond donors (Lipinski definition) is 0. The predicted molar refractivity (Wildman–Crippen MR) is 55.7 cm³/mol. The Labute approximate surface area is 94.9 Å². The Balaban J connectivity index is 3.27. The van der Waals surface area contributed by atoms with Gasteiger partial charge in [0, 0.05) is 23.6 Å². The van der Waals surface area contributed by atoms with Crippen molar-refractivity contribution in [2.45, 2.75) is 0 Å². The van der Waals surface area contributed by atoms with Crippen LogP contribution in [0.1, 0.15) is 0 Å². The molecule has 0 unspecified atom stereocenters. The van der Waals surface area contributed by atoms with E-state index >= 15 is 0 Å². The summed E-state index contributed by atoms with van der Waals surface area (Å²) >= 11 is 28.0. The van der Waals surface area contributed by atoms with Crippen molar-refractivity contribution in [1.82, 2.24) is 0 Å². The van der Waals surface area contributed by atoms with Gasteiger partial charge in [0.15, 0.2) is 0 Å². The van der Waals surface area contributed by atoms with Gasteiger partial charge in [0.05, 0.1) is 20.8 Å². The molecule has 0 N–H and O–H groups in total. The Morgan fingerprint density at radius 1 is 0.917 bits per heavy atom. The smallest absolute Gasteiger partial charge is 0.0912 e. The Morgan fingerprint density at radius 3 is 2.00 bits per heavy atom. The van der Waals surface area contributed by atoms with Gasteiger partial charge in [-0.25, -0.2) is 0 Å². The largest absolute Gasteiger partial charge is 0.192 e. The zero-order chi connectivity index (χ0) is 9.30. The van der Waals surface area contributed by atoms with Crippen molar-refractivity contribution < 1.29 is 0 Å². The van der Waals surface area contributed by atoms with Gasteiger partial charge in [0.2, 0.25) is 0 Å². The number of rotatable bonds is 1. The molecule has 0 atom stereocenters. The van der Waals surface area contributed by atoms with Crippen molar-refractivity contribution in [2.75, 3.05) is 3.94 Å². The van der Waals surface area contributed by atoms with Crippen LogP contribution in [0.2, 0.25) is 15.1 Å². The molecule has 0 saturated carbocycles. The molecule has 0 fully saturated rings. The number of hydrogen-bond acceptors (Lipinski definition) is 1. The van der Waals surface area contributed by atoms with E-state index in [9.17, 15) is 0 Å². The molecule has 0 aliphatic carbocycles. The first-order valence-electron chi connectivity index (χ1n) is 2.79. The summed E-state index contributed by atoms with van der Waals surface area (Å²) < 4.78 is 0.824. The van der Waals surface area contributed by atoms with Crippen molar-refractivity contribution in [2.24, 2.45) is 0 Å². The summed E-state index contributed by atoms with van der Waals surface area (Å²) in [6, 6.07) is 3.12. The normalized spacial score (nSPS) is 10.1. The first-order valence-corrected chi connectivity index (χ1v) is 4.60. The van der Waals surface area contributed by atoms with Crippen LogP contribution in [0, 0.1) is 0 Å². The van der Waals surface area contributed by atoms with Gasteiger partial charge < -0.3 is 0 Å². The van der Waals surface area contributed by atoms with E-state index in [0.29, 0.717) is 10.7 Å². The van der Waals surface area contributed by atoms with Crippen LogP contribution in [0.3, 0.4) is 0 Å². The fourth-order valence-electron chi connectivity index (χ4n) is 0.646. The average molecular weight is 265 g/mol. The molecule has 0 saturated heterocycles. The molecule has 0 radical (unpaired) electrons. The first-order chi connectivity index (χ1) is 5.54. The molecule has 0 aromatic heterocycles. The molecule has 6 heteroatoms. The maximum atomic E-state index is 5.77. The minimum Gasteiger partial charge on any atom is -0.192 e. The SMILES string of the molecule is Clc1ccc(N(Cl)Cl)c(Cl)c1Cl. The standard InChI is InChI=1S/C6H2Cl5N/c7-3-1-2-4(12(10)11)6(9)5(3)8/h1-2H. The topological polar surface area (TPSA) is 3.24 Å². The lowest BCUT2D eigenvalue weighted by Gasteiger charge is -2.09. The zero-order valence-electron chi connectivity index (χ0n) is 5.49. The summed E-state index contributed by atoms with van der Waals surface area (Å²) in [5, 5.41) is 0.830. The van der Waals surface area contributed by atoms with Crippen molar-refractivity contribution in [3.05, 3.63) is 27.2 Å². The van der Waals surface area contributed by atoms with Gasteiger partial charge in [0.25, 0.3) is 0 Å². The van der Waals surface area contributed by atoms with Crippen molar-refractivity contribution in [1.29, 1.82) is 0 Å². The maximum absolute atomic E-state index is 5.77. The minimum absolute atomic E-state index is 0.231. The Hall–Kier alpha value is 0.470. The monoisotopic (exact) mass is 263 g/mol. The van der Waals surface area contributed by atoms with Crippen LogP contribution in [0.5, 0.6) is 0 Å². The maximum Gasteiger partial charge on any atom is 0.0912 e. The van der Waals surface area contributed by atoms with Gasteiger partial charge in [-0.3, -0.25) is 0 Å². The highest BCUT2D eigenvalue weighted by Crippen LogP contribution is 2.38. The van der Waals surface area contributed by atoms with Gasteiger partial charge in [-0.1, -0.05) is 34.8 Å². The number of nitrogens with zero attached hydrogens (tertiary/aromatic N) is 1. The van der Waals surface area contributed by atoms with Crippen molar-refractivity contribution in [3.63, 3.8) is 0 Å². The molecular formula is C6H2Cl5N. The highest BCUT2D eigenvalue weighted by atomic mass is 35.5. The van der Waals surface area contributed by atoms with Gasteiger partial charge in [-0.05, 0) is 12.1 Å². The number of benzene rings is 1. The molecule has 1 rings (SSSR count). The Bertz CT molecular complexity index is 298. The lowest BCUT2D eigenvalue weighted by Crippen LogP contribution is -1.92. The quantitative estimate of drug-likeness (QED) is 0.522. The van der Waals surface area contributed by atoms with Crippen LogP contribution in [0.25, 0.3) is 0 Å². The third kappa shape index (κ3) is 2.04. The second-order valence-electron chi connectivity index (χ2n) is 1.93. The van der Waals surface area contributed by atoms with Crippen molar-refractivity contribution >= 4 is 64.0 Å². The fraction of sp³-hybridized carbons (Fsp3) is 0. The van der Waals surface area contributed by atoms with E-state index in [2.05, 4.69) is 0 Å². The summed E-state index contributed by atoms with van der Waals surface area (Å²) in [6.45, 7) is 0. The molecule has 0 amide bonds. The third-order valence-corrected chi connectivity index (χ3v) is 2.84. The van der Waals surface area contributed by atoms with Crippen LogP contribution in [0.4, 0.5) is 5.69 Å². The minimum atomic E-state index is 0.231. The summed E-state index contributed by atoms with van der Waals surface area (Å²) in [7, 11) is 0. The molecule has 12 heavy (non-hydrogen) atoms. The van der Waals surface area contributed by atoms with E-state index in [1.54, 1.807) is 12.1 Å². The van der Waals surface area contributed by atoms with Crippen LogP contribution in [0.15, 0.2) is 12.1 Å². The molecular weight excluding hydrogens is 263 g/mol. The third-order valence-electron chi connectivity index (χ3n) is 1.20. The Morgan fingerprint density at radius 2 is 1.50 bits per heavy atom. The van der Waals surface area contributed by atoms with E-state index in [4.69, 9.17) is 58.4 Å². The van der Waals surface area contributed by atoms with E-state index in [1.165, 1.54) is 0 Å². The van der Waals surface area contributed by atoms with E-state index in [0.717, 1.165) is 3.94 Å². The summed E-state index contributed by atoms with van der Waals surface area (Å²) in [4.78, 5) is 0. The van der Waals surface area contributed by atoms with Gasteiger partial charge in [-0.15, -0.1) is 0 Å². The molecule has 66 valence electrons. The van der Waals surface area contributed by atoms with E-state index in [1.807, 2.05) is 0 Å². The molecule has 0 aliphatic heterocycles. The van der Waals surface area contributed by atoms with E-state index in [-0.39, 0.29) is 10.0 Å². The van der Waals surface area contributed by atoms with Gasteiger partial charge in [-0.2, -0.15) is 3.94 Å². The van der Waals surface area contributed by atoms with Gasteiger partial charge in [0.1, 0.15) is 0 Å². The molecule has 0 aliphatic rings. The summed E-state index contributed by atoms with van der Waals surface area (Å²) in [6.07, 6.45) is 0. The number of anilines is 1. The van der Waals surface area contributed by atoms with Gasteiger partial charge >= 0.3 is 0 Å². The fourth-order valence-corrected chi connectivity index (χ4v) is 1.63. The summed E-state index contributed by atoms with van der Waals surface area (Å²) in [5.74, 6) is 0. The molecule has 1 aromatic carbocycles. The lowest BCUT2D eigenvalue weighted by atomic mass is 10.3. The van der Waals surface area contributed by atoms with Crippen LogP contribution in [-0.2, 0) is 0 Å². The molecule has 0 heterocycles.